The van der Waals surface area contributed by atoms with Crippen molar-refractivity contribution in [3.63, 3.8) is 0 Å². The van der Waals surface area contributed by atoms with Gasteiger partial charge in [-0.25, -0.2) is 0 Å². The van der Waals surface area contributed by atoms with E-state index in [2.05, 4.69) is 13.8 Å². The number of hydrogen-bond donors (Lipinski definition) is 0. The van der Waals surface area contributed by atoms with Crippen molar-refractivity contribution in [2.45, 2.75) is 52.9 Å². The second kappa shape index (κ2) is 7.59. The maximum absolute atomic E-state index is 13.1. The highest BCUT2D eigenvalue weighted by molar-refractivity contribution is 6.30. The van der Waals surface area contributed by atoms with Crippen LogP contribution < -0.4 is 0 Å². The molecule has 4 nitrogen and oxygen atoms in total. The third kappa shape index (κ3) is 4.01. The van der Waals surface area contributed by atoms with E-state index in [0.717, 1.165) is 24.1 Å². The first-order valence-corrected chi connectivity index (χ1v) is 9.85. The Morgan fingerprint density at radius 1 is 1.26 bits per heavy atom. The summed E-state index contributed by atoms with van der Waals surface area (Å²) in [6.45, 7) is 8.34. The lowest BCUT2D eigenvalue weighted by Crippen LogP contribution is -2.39. The fraction of sp³-hybridized carbons (Fsp3) is 0.500. The Hall–Kier alpha value is -1.94. The molecule has 27 heavy (non-hydrogen) atoms. The van der Waals surface area contributed by atoms with Crippen LogP contribution in [-0.2, 0) is 14.3 Å². The first-order chi connectivity index (χ1) is 12.7. The number of Topliss-reactive ketones (excluding diaryl/α,β-unsaturated/α-hetero) is 1. The predicted molar refractivity (Wildman–Crippen MR) is 107 cm³/mol. The van der Waals surface area contributed by atoms with Crippen LogP contribution in [0, 0.1) is 11.3 Å². The molecule has 0 spiro atoms. The van der Waals surface area contributed by atoms with Gasteiger partial charge in [-0.15, -0.1) is 0 Å². The van der Waals surface area contributed by atoms with Crippen LogP contribution in [0.2, 0.25) is 5.02 Å². The number of carbonyl (C=O) groups is 2. The van der Waals surface area contributed by atoms with Gasteiger partial charge in [-0.2, -0.15) is 0 Å². The number of halogens is 1. The summed E-state index contributed by atoms with van der Waals surface area (Å²) in [4.78, 5) is 30.6. The lowest BCUT2D eigenvalue weighted by Gasteiger charge is -2.39. The highest BCUT2D eigenvalue weighted by atomic mass is 35.5. The number of carbonyl (C=O) groups excluding carboxylic acids is 2. The van der Waals surface area contributed by atoms with Crippen molar-refractivity contribution in [3.8, 4) is 0 Å². The van der Waals surface area contributed by atoms with Crippen molar-refractivity contribution in [2.24, 2.45) is 16.3 Å². The third-order valence-electron chi connectivity index (χ3n) is 5.23. The third-order valence-corrected chi connectivity index (χ3v) is 5.49. The molecule has 0 N–H and O–H groups in total. The van der Waals surface area contributed by atoms with Gasteiger partial charge in [0.05, 0.1) is 6.61 Å². The van der Waals surface area contributed by atoms with Gasteiger partial charge in [0, 0.05) is 34.3 Å². The van der Waals surface area contributed by atoms with Gasteiger partial charge in [-0.3, -0.25) is 14.6 Å². The summed E-state index contributed by atoms with van der Waals surface area (Å²) >= 11 is 6.06. The van der Waals surface area contributed by atoms with Crippen LogP contribution in [0.1, 0.15) is 58.4 Å². The molecule has 5 heteroatoms. The second-order valence-electron chi connectivity index (χ2n) is 8.23. The summed E-state index contributed by atoms with van der Waals surface area (Å²) in [7, 11) is 0. The van der Waals surface area contributed by atoms with Crippen LogP contribution in [0.3, 0.4) is 0 Å². The Kier molecular flexibility index (Phi) is 5.57. The molecule has 1 aliphatic heterocycles. The molecule has 144 valence electrons. The highest BCUT2D eigenvalue weighted by Crippen LogP contribution is 2.48. The lowest BCUT2D eigenvalue weighted by atomic mass is 9.67. The second-order valence-corrected chi connectivity index (χ2v) is 8.67. The highest BCUT2D eigenvalue weighted by Gasteiger charge is 2.45. The van der Waals surface area contributed by atoms with Crippen LogP contribution in [0.5, 0.6) is 0 Å². The molecule has 0 saturated heterocycles. The fourth-order valence-corrected chi connectivity index (χ4v) is 4.20. The SMILES string of the molecule is CCCOC(=O)C1C(C)=NC2=C(C(=O)CC(C)(C)C2)[C@H]1c1ccc(Cl)cc1. The van der Waals surface area contributed by atoms with Crippen LogP contribution in [-0.4, -0.2) is 24.1 Å². The molecule has 1 unspecified atom stereocenters. The number of hydrogen-bond acceptors (Lipinski definition) is 4. The van der Waals surface area contributed by atoms with E-state index in [1.807, 2.05) is 26.0 Å². The summed E-state index contributed by atoms with van der Waals surface area (Å²) in [5.74, 6) is -1.20. The molecule has 0 bridgehead atoms. The normalized spacial score (nSPS) is 24.3. The minimum absolute atomic E-state index is 0.0748. The van der Waals surface area contributed by atoms with Crippen LogP contribution in [0.15, 0.2) is 40.5 Å². The lowest BCUT2D eigenvalue weighted by molar-refractivity contribution is -0.146. The van der Waals surface area contributed by atoms with Crippen molar-refractivity contribution in [3.05, 3.63) is 46.1 Å². The molecule has 0 amide bonds. The predicted octanol–water partition coefficient (Wildman–Crippen LogP) is 5.11. The van der Waals surface area contributed by atoms with E-state index in [9.17, 15) is 9.59 Å². The molecule has 0 aromatic heterocycles. The Morgan fingerprint density at radius 2 is 1.93 bits per heavy atom. The van der Waals surface area contributed by atoms with E-state index < -0.39 is 5.92 Å². The fourth-order valence-electron chi connectivity index (χ4n) is 4.07. The molecule has 3 rings (SSSR count). The van der Waals surface area contributed by atoms with Crippen LogP contribution >= 0.6 is 11.6 Å². The number of aliphatic imine (C=N–C) groups is 1. The van der Waals surface area contributed by atoms with E-state index in [4.69, 9.17) is 21.3 Å². The molecule has 1 aliphatic carbocycles. The van der Waals surface area contributed by atoms with Crippen molar-refractivity contribution in [2.75, 3.05) is 6.61 Å². The van der Waals surface area contributed by atoms with Gasteiger partial charge in [-0.05, 0) is 42.9 Å². The number of nitrogens with zero attached hydrogens (tertiary/aromatic N) is 1. The number of ketones is 1. The summed E-state index contributed by atoms with van der Waals surface area (Å²) in [6, 6.07) is 7.38. The Balaban J connectivity index is 2.12. The zero-order chi connectivity index (χ0) is 19.8. The summed E-state index contributed by atoms with van der Waals surface area (Å²) in [5.41, 5.74) is 2.96. The summed E-state index contributed by atoms with van der Waals surface area (Å²) < 4.78 is 5.45. The summed E-state index contributed by atoms with van der Waals surface area (Å²) in [6.07, 6.45) is 1.94. The van der Waals surface area contributed by atoms with E-state index >= 15 is 0 Å². The average molecular weight is 388 g/mol. The molecular weight excluding hydrogens is 362 g/mol. The van der Waals surface area contributed by atoms with E-state index in [0.29, 0.717) is 29.3 Å². The zero-order valence-electron chi connectivity index (χ0n) is 16.3. The van der Waals surface area contributed by atoms with Gasteiger partial charge in [0.25, 0.3) is 0 Å². The van der Waals surface area contributed by atoms with Crippen molar-refractivity contribution in [1.82, 2.24) is 0 Å². The first-order valence-electron chi connectivity index (χ1n) is 9.47. The average Bonchev–Trinajstić information content (AvgIpc) is 2.58. The van der Waals surface area contributed by atoms with Gasteiger partial charge in [0.2, 0.25) is 0 Å². The molecule has 2 aliphatic rings. The number of allylic oxidation sites excluding steroid dienone is 2. The molecule has 0 radical (unpaired) electrons. The molecule has 1 heterocycles. The topological polar surface area (TPSA) is 55.7 Å². The minimum Gasteiger partial charge on any atom is -0.465 e. The van der Waals surface area contributed by atoms with Gasteiger partial charge in [0.15, 0.2) is 5.78 Å². The molecule has 1 aromatic rings. The Morgan fingerprint density at radius 3 is 2.56 bits per heavy atom. The van der Waals surface area contributed by atoms with E-state index in [1.54, 1.807) is 12.1 Å². The standard InChI is InChI=1S/C22H26ClNO3/c1-5-10-27-21(26)18-13(2)24-16-11-22(3,4)12-17(25)20(16)19(18)14-6-8-15(23)9-7-14/h6-9,18-19H,5,10-12H2,1-4H3/t18?,19-/m0/s1. The molecular formula is C22H26ClNO3. The smallest absolute Gasteiger partial charge is 0.315 e. The van der Waals surface area contributed by atoms with Crippen LogP contribution in [0.4, 0.5) is 0 Å². The number of ether oxygens (including phenoxy) is 1. The van der Waals surface area contributed by atoms with Crippen molar-refractivity contribution in [1.29, 1.82) is 0 Å². The minimum atomic E-state index is -0.582. The molecule has 0 fully saturated rings. The Bertz CT molecular complexity index is 820. The van der Waals surface area contributed by atoms with Gasteiger partial charge < -0.3 is 4.74 Å². The number of esters is 1. The first kappa shape index (κ1) is 19.8. The molecule has 2 atom stereocenters. The van der Waals surface area contributed by atoms with Gasteiger partial charge in [-0.1, -0.05) is 44.5 Å². The van der Waals surface area contributed by atoms with Crippen LogP contribution in [0.25, 0.3) is 0 Å². The van der Waals surface area contributed by atoms with E-state index in [1.165, 1.54) is 0 Å². The number of benzene rings is 1. The molecule has 1 aromatic carbocycles. The largest absolute Gasteiger partial charge is 0.465 e. The van der Waals surface area contributed by atoms with Gasteiger partial charge in [0.1, 0.15) is 5.92 Å². The molecule has 0 saturated carbocycles. The monoisotopic (exact) mass is 387 g/mol. The zero-order valence-corrected chi connectivity index (χ0v) is 17.1. The summed E-state index contributed by atoms with van der Waals surface area (Å²) in [5, 5.41) is 0.621. The maximum Gasteiger partial charge on any atom is 0.315 e. The van der Waals surface area contributed by atoms with E-state index in [-0.39, 0.29) is 23.1 Å². The number of rotatable bonds is 4. The van der Waals surface area contributed by atoms with Crippen molar-refractivity contribution >= 4 is 29.1 Å². The Labute approximate surface area is 165 Å². The van der Waals surface area contributed by atoms with Crippen molar-refractivity contribution < 1.29 is 14.3 Å². The quantitative estimate of drug-likeness (QED) is 0.674. The van der Waals surface area contributed by atoms with Gasteiger partial charge >= 0.3 is 5.97 Å². The maximum atomic E-state index is 13.1.